The van der Waals surface area contributed by atoms with Crippen molar-refractivity contribution in [2.24, 2.45) is 5.10 Å². The Kier molecular flexibility index (Phi) is 4.54. The topological polar surface area (TPSA) is 46.4 Å². The molecule has 1 amide bonds. The van der Waals surface area contributed by atoms with Crippen LogP contribution in [0, 0.1) is 0 Å². The van der Waals surface area contributed by atoms with E-state index in [-0.39, 0.29) is 5.91 Å². The van der Waals surface area contributed by atoms with E-state index in [1.54, 1.807) is 12.1 Å². The first-order chi connectivity index (χ1) is 11.3. The van der Waals surface area contributed by atoms with Gasteiger partial charge in [0.1, 0.15) is 0 Å². The van der Waals surface area contributed by atoms with Crippen LogP contribution in [0.4, 0.5) is 0 Å². The average molecular weight is 324 g/mol. The highest BCUT2D eigenvalue weighted by atomic mass is 35.5. The molecule has 0 saturated heterocycles. The van der Waals surface area contributed by atoms with Crippen LogP contribution in [-0.2, 0) is 0 Å². The maximum Gasteiger partial charge on any atom is 0.273 e. The molecule has 4 nitrogen and oxygen atoms in total. The zero-order valence-electron chi connectivity index (χ0n) is 12.2. The highest BCUT2D eigenvalue weighted by Gasteiger charge is 2.10. The Bertz CT molecular complexity index is 841. The van der Waals surface area contributed by atoms with Crippen LogP contribution in [0.25, 0.3) is 5.69 Å². The van der Waals surface area contributed by atoms with Gasteiger partial charge in [0.2, 0.25) is 0 Å². The molecule has 0 spiro atoms. The number of carbonyl (C=O) groups is 1. The summed E-state index contributed by atoms with van der Waals surface area (Å²) in [5, 5.41) is 4.56. The van der Waals surface area contributed by atoms with Gasteiger partial charge in [0.25, 0.3) is 5.91 Å². The highest BCUT2D eigenvalue weighted by molar-refractivity contribution is 6.33. The number of aromatic nitrogens is 1. The van der Waals surface area contributed by atoms with E-state index in [0.717, 1.165) is 11.3 Å². The summed E-state index contributed by atoms with van der Waals surface area (Å²) in [6, 6.07) is 18.5. The minimum atomic E-state index is -0.280. The van der Waals surface area contributed by atoms with Gasteiger partial charge in [-0.15, -0.1) is 0 Å². The molecule has 0 saturated carbocycles. The zero-order chi connectivity index (χ0) is 16.1. The second-order valence-corrected chi connectivity index (χ2v) is 5.24. The number of hydrogen-bond donors (Lipinski definition) is 1. The van der Waals surface area contributed by atoms with Crippen LogP contribution in [-0.4, -0.2) is 16.7 Å². The van der Waals surface area contributed by atoms with Crippen molar-refractivity contribution in [2.75, 3.05) is 0 Å². The van der Waals surface area contributed by atoms with Gasteiger partial charge in [0, 0.05) is 23.0 Å². The van der Waals surface area contributed by atoms with Crippen LogP contribution in [0.2, 0.25) is 5.02 Å². The SMILES string of the molecule is O=C(N/N=C\c1ccccc1Cl)c1ccccc1-n1cccc1. The van der Waals surface area contributed by atoms with Crippen molar-refractivity contribution in [1.82, 2.24) is 9.99 Å². The van der Waals surface area contributed by atoms with E-state index in [4.69, 9.17) is 11.6 Å². The first-order valence-corrected chi connectivity index (χ1v) is 7.44. The number of carbonyl (C=O) groups excluding carboxylic acids is 1. The molecule has 0 aliphatic rings. The Hall–Kier alpha value is -2.85. The third-order valence-corrected chi connectivity index (χ3v) is 3.65. The summed E-state index contributed by atoms with van der Waals surface area (Å²) >= 11 is 6.04. The Labute approximate surface area is 139 Å². The normalized spacial score (nSPS) is 10.8. The van der Waals surface area contributed by atoms with Crippen molar-refractivity contribution in [3.63, 3.8) is 0 Å². The fourth-order valence-electron chi connectivity index (χ4n) is 2.19. The average Bonchev–Trinajstić information content (AvgIpc) is 3.11. The van der Waals surface area contributed by atoms with E-state index in [2.05, 4.69) is 10.5 Å². The third kappa shape index (κ3) is 3.49. The van der Waals surface area contributed by atoms with Crippen LogP contribution < -0.4 is 5.43 Å². The molecule has 0 aliphatic heterocycles. The molecule has 2 aromatic carbocycles. The predicted molar refractivity (Wildman–Crippen MR) is 92.3 cm³/mol. The number of hydrazone groups is 1. The maximum absolute atomic E-state index is 12.4. The monoisotopic (exact) mass is 323 g/mol. The molecule has 114 valence electrons. The van der Waals surface area contributed by atoms with Gasteiger partial charge in [-0.25, -0.2) is 5.43 Å². The van der Waals surface area contributed by atoms with Crippen LogP contribution in [0.15, 0.2) is 78.2 Å². The molecule has 0 radical (unpaired) electrons. The number of benzene rings is 2. The Balaban J connectivity index is 1.78. The van der Waals surface area contributed by atoms with Gasteiger partial charge in [-0.1, -0.05) is 41.9 Å². The van der Waals surface area contributed by atoms with Crippen LogP contribution in [0.1, 0.15) is 15.9 Å². The number of rotatable bonds is 4. The Morgan fingerprint density at radius 3 is 2.48 bits per heavy atom. The van der Waals surface area contributed by atoms with Gasteiger partial charge in [0.15, 0.2) is 0 Å². The summed E-state index contributed by atoms with van der Waals surface area (Å²) < 4.78 is 1.88. The fraction of sp³-hybridized carbons (Fsp3) is 0. The summed E-state index contributed by atoms with van der Waals surface area (Å²) in [5.74, 6) is -0.280. The van der Waals surface area contributed by atoms with E-state index in [1.165, 1.54) is 6.21 Å². The van der Waals surface area contributed by atoms with E-state index in [1.807, 2.05) is 65.5 Å². The van der Waals surface area contributed by atoms with Crippen LogP contribution >= 0.6 is 11.6 Å². The van der Waals surface area contributed by atoms with Crippen molar-refractivity contribution < 1.29 is 4.79 Å². The lowest BCUT2D eigenvalue weighted by Gasteiger charge is -2.09. The molecule has 0 aliphatic carbocycles. The zero-order valence-corrected chi connectivity index (χ0v) is 12.9. The first kappa shape index (κ1) is 15.1. The number of hydrogen-bond acceptors (Lipinski definition) is 2. The standard InChI is InChI=1S/C18H14ClN3O/c19-16-9-3-1-7-14(16)13-20-21-18(23)15-8-2-4-10-17(15)22-11-5-6-12-22/h1-13H,(H,21,23)/b20-13-. The van der Waals surface area contributed by atoms with Gasteiger partial charge in [-0.2, -0.15) is 5.10 Å². The number of nitrogens with zero attached hydrogens (tertiary/aromatic N) is 2. The molecule has 1 aromatic heterocycles. The van der Waals surface area contributed by atoms with Gasteiger partial charge >= 0.3 is 0 Å². The maximum atomic E-state index is 12.4. The smallest absolute Gasteiger partial charge is 0.273 e. The van der Waals surface area contributed by atoms with Crippen molar-refractivity contribution in [3.8, 4) is 5.69 Å². The predicted octanol–water partition coefficient (Wildman–Crippen LogP) is 3.89. The van der Waals surface area contributed by atoms with E-state index < -0.39 is 0 Å². The molecule has 0 unspecified atom stereocenters. The summed E-state index contributed by atoms with van der Waals surface area (Å²) in [5.41, 5.74) is 4.62. The van der Waals surface area contributed by atoms with Crippen LogP contribution in [0.5, 0.6) is 0 Å². The number of amides is 1. The summed E-state index contributed by atoms with van der Waals surface area (Å²) in [7, 11) is 0. The molecule has 0 bridgehead atoms. The molecule has 23 heavy (non-hydrogen) atoms. The number of para-hydroxylation sites is 1. The lowest BCUT2D eigenvalue weighted by Crippen LogP contribution is -2.19. The first-order valence-electron chi connectivity index (χ1n) is 7.06. The highest BCUT2D eigenvalue weighted by Crippen LogP contribution is 2.15. The summed E-state index contributed by atoms with van der Waals surface area (Å²) in [6.45, 7) is 0. The number of nitrogens with one attached hydrogen (secondary N) is 1. The van der Waals surface area contributed by atoms with E-state index in [9.17, 15) is 4.79 Å². The molecular weight excluding hydrogens is 310 g/mol. The van der Waals surface area contributed by atoms with Crippen LogP contribution in [0.3, 0.4) is 0 Å². The lowest BCUT2D eigenvalue weighted by molar-refractivity contribution is 0.0955. The van der Waals surface area contributed by atoms with Gasteiger partial charge in [-0.05, 0) is 30.3 Å². The largest absolute Gasteiger partial charge is 0.323 e. The van der Waals surface area contributed by atoms with Crippen molar-refractivity contribution in [3.05, 3.63) is 89.2 Å². The molecule has 0 fully saturated rings. The molecule has 3 aromatic rings. The third-order valence-electron chi connectivity index (χ3n) is 3.31. The second-order valence-electron chi connectivity index (χ2n) is 4.83. The van der Waals surface area contributed by atoms with Gasteiger partial charge < -0.3 is 4.57 Å². The molecule has 0 atom stereocenters. The quantitative estimate of drug-likeness (QED) is 0.574. The van der Waals surface area contributed by atoms with E-state index >= 15 is 0 Å². The van der Waals surface area contributed by atoms with Crippen molar-refractivity contribution >= 4 is 23.7 Å². The summed E-state index contributed by atoms with van der Waals surface area (Å²) in [4.78, 5) is 12.4. The minimum Gasteiger partial charge on any atom is -0.323 e. The molecule has 1 heterocycles. The molecule has 5 heteroatoms. The van der Waals surface area contributed by atoms with E-state index in [0.29, 0.717) is 10.6 Å². The fourth-order valence-corrected chi connectivity index (χ4v) is 2.37. The van der Waals surface area contributed by atoms with Gasteiger partial charge in [0.05, 0.1) is 17.5 Å². The number of halogens is 1. The lowest BCUT2D eigenvalue weighted by atomic mass is 10.1. The molecular formula is C18H14ClN3O. The summed E-state index contributed by atoms with van der Waals surface area (Å²) in [6.07, 6.45) is 5.30. The van der Waals surface area contributed by atoms with Crippen molar-refractivity contribution in [2.45, 2.75) is 0 Å². The Morgan fingerprint density at radius 2 is 1.70 bits per heavy atom. The minimum absolute atomic E-state index is 0.280. The second kappa shape index (κ2) is 6.94. The van der Waals surface area contributed by atoms with Gasteiger partial charge in [-0.3, -0.25) is 4.79 Å². The molecule has 3 rings (SSSR count). The van der Waals surface area contributed by atoms with Crippen molar-refractivity contribution in [1.29, 1.82) is 0 Å². The molecule has 1 N–H and O–H groups in total. The Morgan fingerprint density at radius 1 is 1.00 bits per heavy atom.